The first kappa shape index (κ1) is 9.46. The molecule has 12 heavy (non-hydrogen) atoms. The summed E-state index contributed by atoms with van der Waals surface area (Å²) in [5.74, 6) is 0. The van der Waals surface area contributed by atoms with Crippen molar-refractivity contribution in [1.29, 1.82) is 5.41 Å². The van der Waals surface area contributed by atoms with Crippen molar-refractivity contribution in [3.63, 3.8) is 0 Å². The Hall–Kier alpha value is -0.630. The molecule has 0 saturated heterocycles. The molecule has 0 aliphatic heterocycles. The van der Waals surface area contributed by atoms with Gasteiger partial charge in [-0.15, -0.1) is 0 Å². The number of nitrogens with two attached hydrogens (primary N) is 1. The molecular weight excluding hydrogens is 148 g/mol. The van der Waals surface area contributed by atoms with Crippen LogP contribution in [0.15, 0.2) is 11.1 Å². The molecule has 1 atom stereocenters. The summed E-state index contributed by atoms with van der Waals surface area (Å²) in [6.45, 7) is 4.27. The molecule has 0 aromatic heterocycles. The lowest BCUT2D eigenvalue weighted by Gasteiger charge is -2.24. The van der Waals surface area contributed by atoms with Crippen molar-refractivity contribution < 1.29 is 0 Å². The van der Waals surface area contributed by atoms with Crippen LogP contribution in [-0.4, -0.2) is 11.8 Å². The summed E-state index contributed by atoms with van der Waals surface area (Å²) in [6.07, 6.45) is 4.11. The lowest BCUT2D eigenvalue weighted by atomic mass is 9.84. The topological polar surface area (TPSA) is 49.9 Å². The van der Waals surface area contributed by atoms with E-state index < -0.39 is 0 Å². The van der Waals surface area contributed by atoms with Gasteiger partial charge in [-0.1, -0.05) is 19.4 Å². The lowest BCUT2D eigenvalue weighted by Crippen LogP contribution is -2.34. The monoisotopic (exact) mass is 166 g/mol. The van der Waals surface area contributed by atoms with Crippen LogP contribution in [0.4, 0.5) is 0 Å². The van der Waals surface area contributed by atoms with Crippen LogP contribution in [0.1, 0.15) is 39.5 Å². The van der Waals surface area contributed by atoms with E-state index in [0.29, 0.717) is 5.71 Å². The molecule has 0 saturated carbocycles. The van der Waals surface area contributed by atoms with Gasteiger partial charge in [0.1, 0.15) is 0 Å². The molecule has 68 valence electrons. The van der Waals surface area contributed by atoms with Crippen molar-refractivity contribution >= 4 is 5.71 Å². The zero-order valence-corrected chi connectivity index (χ0v) is 7.98. The third-order valence-corrected chi connectivity index (χ3v) is 2.66. The van der Waals surface area contributed by atoms with Crippen molar-refractivity contribution in [2.45, 2.75) is 45.6 Å². The highest BCUT2D eigenvalue weighted by Gasteiger charge is 2.21. The Bertz CT molecular complexity index is 216. The van der Waals surface area contributed by atoms with E-state index in [1.807, 2.05) is 0 Å². The van der Waals surface area contributed by atoms with Gasteiger partial charge >= 0.3 is 0 Å². The molecule has 0 spiro atoms. The van der Waals surface area contributed by atoms with Crippen molar-refractivity contribution in [2.75, 3.05) is 0 Å². The van der Waals surface area contributed by atoms with Gasteiger partial charge in [-0.25, -0.2) is 0 Å². The molecule has 1 unspecified atom stereocenters. The highest BCUT2D eigenvalue weighted by molar-refractivity contribution is 6.02. The number of rotatable bonds is 2. The van der Waals surface area contributed by atoms with Crippen LogP contribution in [-0.2, 0) is 0 Å². The average molecular weight is 166 g/mol. The van der Waals surface area contributed by atoms with Crippen LogP contribution in [0.5, 0.6) is 0 Å². The van der Waals surface area contributed by atoms with Crippen molar-refractivity contribution in [3.05, 3.63) is 11.1 Å². The predicted molar refractivity (Wildman–Crippen MR) is 52.5 cm³/mol. The Labute approximate surface area is 74.4 Å². The fourth-order valence-corrected chi connectivity index (χ4v) is 1.87. The van der Waals surface area contributed by atoms with Gasteiger partial charge in [-0.2, -0.15) is 0 Å². The normalized spacial score (nSPS) is 24.9. The largest absolute Gasteiger partial charge is 0.323 e. The van der Waals surface area contributed by atoms with Gasteiger partial charge in [-0.3, -0.25) is 0 Å². The van der Waals surface area contributed by atoms with Crippen LogP contribution in [0.3, 0.4) is 0 Å². The second-order valence-electron chi connectivity index (χ2n) is 3.35. The molecule has 0 fully saturated rings. The molecule has 3 N–H and O–H groups in total. The third-order valence-electron chi connectivity index (χ3n) is 2.66. The van der Waals surface area contributed by atoms with Gasteiger partial charge in [-0.05, 0) is 31.3 Å². The zero-order valence-electron chi connectivity index (χ0n) is 7.98. The van der Waals surface area contributed by atoms with E-state index >= 15 is 0 Å². The maximum atomic E-state index is 7.80. The van der Waals surface area contributed by atoms with Crippen molar-refractivity contribution in [1.82, 2.24) is 0 Å². The fraction of sp³-hybridized carbons (Fsp3) is 0.700. The molecule has 0 amide bonds. The number of hydrogen-bond acceptors (Lipinski definition) is 2. The van der Waals surface area contributed by atoms with E-state index in [9.17, 15) is 0 Å². The average Bonchev–Trinajstić information content (AvgIpc) is 2.09. The van der Waals surface area contributed by atoms with Crippen molar-refractivity contribution in [2.24, 2.45) is 5.73 Å². The molecule has 0 radical (unpaired) electrons. The summed E-state index contributed by atoms with van der Waals surface area (Å²) in [5, 5.41) is 7.80. The van der Waals surface area contributed by atoms with E-state index in [0.717, 1.165) is 25.7 Å². The first-order chi connectivity index (χ1) is 5.70. The predicted octanol–water partition coefficient (Wildman–Crippen LogP) is 2.24. The van der Waals surface area contributed by atoms with Crippen LogP contribution < -0.4 is 5.73 Å². The number of hydrogen-bond donors (Lipinski definition) is 2. The molecule has 0 aromatic rings. The minimum Gasteiger partial charge on any atom is -0.323 e. The van der Waals surface area contributed by atoms with Gasteiger partial charge in [0, 0.05) is 6.04 Å². The highest BCUT2D eigenvalue weighted by atomic mass is 14.7. The minimum atomic E-state index is -0.00440. The van der Waals surface area contributed by atoms with E-state index in [2.05, 4.69) is 13.8 Å². The van der Waals surface area contributed by atoms with Gasteiger partial charge < -0.3 is 11.1 Å². The maximum absolute atomic E-state index is 7.80. The van der Waals surface area contributed by atoms with Gasteiger partial charge in [0.2, 0.25) is 0 Å². The molecule has 1 rings (SSSR count). The molecule has 0 aromatic carbocycles. The van der Waals surface area contributed by atoms with E-state index in [1.54, 1.807) is 0 Å². The molecule has 0 bridgehead atoms. The van der Waals surface area contributed by atoms with E-state index in [-0.39, 0.29) is 6.04 Å². The summed E-state index contributed by atoms with van der Waals surface area (Å²) in [4.78, 5) is 0. The molecule has 1 aliphatic carbocycles. The van der Waals surface area contributed by atoms with E-state index in [1.165, 1.54) is 11.1 Å². The Balaban J connectivity index is 2.92. The summed E-state index contributed by atoms with van der Waals surface area (Å²) in [7, 11) is 0. The standard InChI is InChI=1S/C10H18N2/c1-3-7-5-6-9(11)10(12)8(7)4-2/h9,12H,3-6,11H2,1-2H3. The Morgan fingerprint density at radius 3 is 2.58 bits per heavy atom. The molecule has 1 aliphatic rings. The van der Waals surface area contributed by atoms with Crippen LogP contribution in [0.2, 0.25) is 0 Å². The SMILES string of the molecule is CCC1=C(CC)C(=N)C(N)CC1. The Kier molecular flexibility index (Phi) is 3.04. The van der Waals surface area contributed by atoms with Crippen LogP contribution >= 0.6 is 0 Å². The summed E-state index contributed by atoms with van der Waals surface area (Å²) < 4.78 is 0. The Morgan fingerprint density at radius 1 is 1.42 bits per heavy atom. The molecular formula is C10H18N2. The quantitative estimate of drug-likeness (QED) is 0.649. The van der Waals surface area contributed by atoms with Crippen LogP contribution in [0.25, 0.3) is 0 Å². The second kappa shape index (κ2) is 3.85. The zero-order chi connectivity index (χ0) is 9.14. The molecule has 2 nitrogen and oxygen atoms in total. The Morgan fingerprint density at radius 2 is 2.08 bits per heavy atom. The molecule has 0 heterocycles. The summed E-state index contributed by atoms with van der Waals surface area (Å²) in [5.41, 5.74) is 9.15. The third kappa shape index (κ3) is 1.58. The minimum absolute atomic E-state index is 0.00440. The van der Waals surface area contributed by atoms with Crippen LogP contribution in [0, 0.1) is 5.41 Å². The van der Waals surface area contributed by atoms with Gasteiger partial charge in [0.05, 0.1) is 5.71 Å². The first-order valence-corrected chi connectivity index (χ1v) is 4.76. The smallest absolute Gasteiger partial charge is 0.0512 e. The second-order valence-corrected chi connectivity index (χ2v) is 3.35. The van der Waals surface area contributed by atoms with Crippen molar-refractivity contribution in [3.8, 4) is 0 Å². The van der Waals surface area contributed by atoms with Gasteiger partial charge in [0.15, 0.2) is 0 Å². The number of allylic oxidation sites excluding steroid dienone is 1. The maximum Gasteiger partial charge on any atom is 0.0512 e. The lowest BCUT2D eigenvalue weighted by molar-refractivity contribution is 0.693. The fourth-order valence-electron chi connectivity index (χ4n) is 1.87. The first-order valence-electron chi connectivity index (χ1n) is 4.76. The summed E-state index contributed by atoms with van der Waals surface area (Å²) in [6, 6.07) is -0.00440. The van der Waals surface area contributed by atoms with Gasteiger partial charge in [0.25, 0.3) is 0 Å². The summed E-state index contributed by atoms with van der Waals surface area (Å²) >= 11 is 0. The number of nitrogens with one attached hydrogen (secondary N) is 1. The highest BCUT2D eigenvalue weighted by Crippen LogP contribution is 2.25. The molecule has 2 heteroatoms. The van der Waals surface area contributed by atoms with E-state index in [4.69, 9.17) is 11.1 Å².